The summed E-state index contributed by atoms with van der Waals surface area (Å²) in [5.41, 5.74) is 3.43. The number of rotatable bonds is 7. The van der Waals surface area contributed by atoms with Crippen molar-refractivity contribution in [2.24, 2.45) is 5.92 Å². The molecular formula is C20H23N3O3S3. The zero-order valence-electron chi connectivity index (χ0n) is 16.4. The molecule has 1 saturated heterocycles. The predicted molar refractivity (Wildman–Crippen MR) is 116 cm³/mol. The lowest BCUT2D eigenvalue weighted by atomic mass is 10.0. The van der Waals surface area contributed by atoms with E-state index in [2.05, 4.69) is 53.7 Å². The highest BCUT2D eigenvalue weighted by Crippen LogP contribution is 2.29. The predicted octanol–water partition coefficient (Wildman–Crippen LogP) is 4.59. The number of hydrogen-bond acceptors (Lipinski definition) is 8. The van der Waals surface area contributed by atoms with Crippen LogP contribution in [-0.4, -0.2) is 35.1 Å². The second kappa shape index (κ2) is 8.57. The maximum absolute atomic E-state index is 11.6. The Morgan fingerprint density at radius 1 is 1.24 bits per heavy atom. The molecule has 1 atom stereocenters. The first kappa shape index (κ1) is 20.6. The molecule has 6 nitrogen and oxygen atoms in total. The Hall–Kier alpha value is -1.71. The summed E-state index contributed by atoms with van der Waals surface area (Å²) in [5.74, 6) is 2.25. The highest BCUT2D eigenvalue weighted by atomic mass is 32.2. The molecule has 4 rings (SSSR count). The van der Waals surface area contributed by atoms with Crippen molar-refractivity contribution in [3.63, 3.8) is 0 Å². The molecule has 29 heavy (non-hydrogen) atoms. The van der Waals surface area contributed by atoms with E-state index in [1.54, 1.807) is 11.3 Å². The lowest BCUT2D eigenvalue weighted by Crippen LogP contribution is -2.07. The summed E-state index contributed by atoms with van der Waals surface area (Å²) in [6.07, 6.45) is 1.20. The van der Waals surface area contributed by atoms with Crippen LogP contribution in [0.25, 0.3) is 10.6 Å². The van der Waals surface area contributed by atoms with Crippen molar-refractivity contribution in [1.29, 1.82) is 0 Å². The Morgan fingerprint density at radius 3 is 2.72 bits per heavy atom. The molecule has 1 fully saturated rings. The molecule has 1 aromatic carbocycles. The van der Waals surface area contributed by atoms with Crippen LogP contribution >= 0.6 is 23.1 Å². The molecule has 3 aromatic rings. The van der Waals surface area contributed by atoms with Crippen LogP contribution in [0.4, 0.5) is 0 Å². The van der Waals surface area contributed by atoms with E-state index in [-0.39, 0.29) is 17.4 Å². The van der Waals surface area contributed by atoms with Crippen LogP contribution in [0.5, 0.6) is 0 Å². The van der Waals surface area contributed by atoms with Crippen molar-refractivity contribution in [1.82, 2.24) is 15.2 Å². The maximum atomic E-state index is 11.6. The van der Waals surface area contributed by atoms with Crippen LogP contribution in [0.3, 0.4) is 0 Å². The highest BCUT2D eigenvalue weighted by Gasteiger charge is 2.29. The van der Waals surface area contributed by atoms with Gasteiger partial charge in [0.25, 0.3) is 5.22 Å². The second-order valence-electron chi connectivity index (χ2n) is 7.64. The van der Waals surface area contributed by atoms with Gasteiger partial charge in [-0.1, -0.05) is 49.9 Å². The van der Waals surface area contributed by atoms with Gasteiger partial charge in [-0.15, -0.1) is 21.5 Å². The van der Waals surface area contributed by atoms with Crippen molar-refractivity contribution in [3.8, 4) is 10.6 Å². The van der Waals surface area contributed by atoms with E-state index >= 15 is 0 Å². The average Bonchev–Trinajstić information content (AvgIpc) is 3.41. The maximum Gasteiger partial charge on any atom is 0.276 e. The third-order valence-corrected chi connectivity index (χ3v) is 8.59. The quantitative estimate of drug-likeness (QED) is 0.488. The van der Waals surface area contributed by atoms with E-state index in [1.165, 1.54) is 17.3 Å². The van der Waals surface area contributed by atoms with Crippen LogP contribution in [0, 0.1) is 5.92 Å². The minimum atomic E-state index is -2.88. The zero-order valence-corrected chi connectivity index (χ0v) is 18.8. The van der Waals surface area contributed by atoms with Gasteiger partial charge in [0.05, 0.1) is 17.2 Å². The summed E-state index contributed by atoms with van der Waals surface area (Å²) in [5, 5.41) is 11.7. The molecule has 0 N–H and O–H groups in total. The molecular weight excluding hydrogens is 426 g/mol. The topological polar surface area (TPSA) is 86.0 Å². The summed E-state index contributed by atoms with van der Waals surface area (Å²) in [4.78, 5) is 4.72. The van der Waals surface area contributed by atoms with Crippen molar-refractivity contribution in [3.05, 3.63) is 46.8 Å². The SMILES string of the molecule is CC(C)c1ccc(-c2nc(CSc3nnc(CC4CCS(=O)(=O)C4)o3)cs2)cc1. The van der Waals surface area contributed by atoms with Crippen molar-refractivity contribution in [2.75, 3.05) is 11.5 Å². The Balaban J connectivity index is 1.33. The molecule has 1 aliphatic heterocycles. The fourth-order valence-electron chi connectivity index (χ4n) is 3.31. The van der Waals surface area contributed by atoms with E-state index in [9.17, 15) is 8.42 Å². The summed E-state index contributed by atoms with van der Waals surface area (Å²) in [6.45, 7) is 4.37. The summed E-state index contributed by atoms with van der Waals surface area (Å²) >= 11 is 3.08. The largest absolute Gasteiger partial charge is 0.416 e. The molecule has 154 valence electrons. The molecule has 9 heteroatoms. The van der Waals surface area contributed by atoms with Crippen molar-refractivity contribution in [2.45, 2.75) is 43.6 Å². The van der Waals surface area contributed by atoms with Crippen molar-refractivity contribution >= 4 is 32.9 Å². The summed E-state index contributed by atoms with van der Waals surface area (Å²) < 4.78 is 28.8. The van der Waals surface area contributed by atoms with Gasteiger partial charge in [-0.2, -0.15) is 0 Å². The normalized spacial score (nSPS) is 18.5. The van der Waals surface area contributed by atoms with E-state index in [1.807, 2.05) is 0 Å². The van der Waals surface area contributed by atoms with Gasteiger partial charge >= 0.3 is 0 Å². The lowest BCUT2D eigenvalue weighted by molar-refractivity contribution is 0.389. The Kier molecular flexibility index (Phi) is 6.08. The van der Waals surface area contributed by atoms with Crippen LogP contribution in [0.15, 0.2) is 39.3 Å². The molecule has 0 bridgehead atoms. The van der Waals surface area contributed by atoms with Gasteiger partial charge < -0.3 is 4.42 Å². The van der Waals surface area contributed by atoms with Crippen LogP contribution < -0.4 is 0 Å². The third-order valence-electron chi connectivity index (χ3n) is 4.96. The zero-order chi connectivity index (χ0) is 20.4. The lowest BCUT2D eigenvalue weighted by Gasteiger charge is -2.05. The monoisotopic (exact) mass is 449 g/mol. The fourth-order valence-corrected chi connectivity index (χ4v) is 6.78. The minimum Gasteiger partial charge on any atom is -0.416 e. The molecule has 3 heterocycles. The van der Waals surface area contributed by atoms with Gasteiger partial charge in [0.2, 0.25) is 5.89 Å². The summed E-state index contributed by atoms with van der Waals surface area (Å²) in [6, 6.07) is 8.56. The Morgan fingerprint density at radius 2 is 2.03 bits per heavy atom. The third kappa shape index (κ3) is 5.26. The van der Waals surface area contributed by atoms with Gasteiger partial charge in [0, 0.05) is 23.1 Å². The van der Waals surface area contributed by atoms with E-state index in [4.69, 9.17) is 9.40 Å². The van der Waals surface area contributed by atoms with Gasteiger partial charge in [0.1, 0.15) is 5.01 Å². The van der Waals surface area contributed by atoms with E-state index < -0.39 is 9.84 Å². The first-order chi connectivity index (χ1) is 13.9. The average molecular weight is 450 g/mol. The fraction of sp³-hybridized carbons (Fsp3) is 0.450. The number of thioether (sulfide) groups is 1. The number of sulfone groups is 1. The summed E-state index contributed by atoms with van der Waals surface area (Å²) in [7, 11) is -2.88. The molecule has 0 amide bonds. The highest BCUT2D eigenvalue weighted by molar-refractivity contribution is 7.98. The number of aromatic nitrogens is 3. The standard InChI is InChI=1S/C20H23N3O3S3/c1-13(2)15-3-5-16(6-4-15)19-21-17(10-27-19)11-28-20-23-22-18(26-20)9-14-7-8-29(24,25)12-14/h3-6,10,13-14H,7-9,11-12H2,1-2H3. The van der Waals surface area contributed by atoms with Gasteiger partial charge in [-0.25, -0.2) is 13.4 Å². The van der Waals surface area contributed by atoms with Crippen molar-refractivity contribution < 1.29 is 12.8 Å². The number of benzene rings is 1. The first-order valence-corrected chi connectivity index (χ1v) is 13.3. The molecule has 1 aliphatic rings. The second-order valence-corrected chi connectivity index (χ2v) is 11.7. The molecule has 2 aromatic heterocycles. The Bertz CT molecular complexity index is 1070. The first-order valence-electron chi connectivity index (χ1n) is 9.58. The molecule has 0 spiro atoms. The molecule has 0 saturated carbocycles. The number of nitrogens with zero attached hydrogens (tertiary/aromatic N) is 3. The molecule has 0 radical (unpaired) electrons. The number of thiazole rings is 1. The van der Waals surface area contributed by atoms with Gasteiger partial charge in [-0.05, 0) is 23.8 Å². The van der Waals surface area contributed by atoms with Gasteiger partial charge in [-0.3, -0.25) is 0 Å². The Labute approximate surface area is 179 Å². The molecule has 1 unspecified atom stereocenters. The van der Waals surface area contributed by atoms with Crippen LogP contribution in [0.1, 0.15) is 43.3 Å². The van der Waals surface area contributed by atoms with Crippen LogP contribution in [0.2, 0.25) is 0 Å². The van der Waals surface area contributed by atoms with Gasteiger partial charge in [0.15, 0.2) is 9.84 Å². The smallest absolute Gasteiger partial charge is 0.276 e. The van der Waals surface area contributed by atoms with E-state index in [0.29, 0.717) is 35.6 Å². The number of hydrogen-bond donors (Lipinski definition) is 0. The van der Waals surface area contributed by atoms with E-state index in [0.717, 1.165) is 16.3 Å². The molecule has 0 aliphatic carbocycles. The minimum absolute atomic E-state index is 0.0847. The van der Waals surface area contributed by atoms with Crippen LogP contribution in [-0.2, 0) is 22.0 Å².